The van der Waals surface area contributed by atoms with Gasteiger partial charge in [0.05, 0.1) is 0 Å². The molecule has 0 aliphatic heterocycles. The van der Waals surface area contributed by atoms with Gasteiger partial charge in [-0.25, -0.2) is 14.6 Å². The van der Waals surface area contributed by atoms with Crippen molar-refractivity contribution >= 4 is 34.1 Å². The highest BCUT2D eigenvalue weighted by atomic mass is 32.1. The molecule has 1 heterocycles. The van der Waals surface area contributed by atoms with Crippen LogP contribution in [-0.2, 0) is 23.9 Å². The number of aromatic nitrogens is 1. The van der Waals surface area contributed by atoms with Gasteiger partial charge in [-0.3, -0.25) is 0 Å². The summed E-state index contributed by atoms with van der Waals surface area (Å²) >= 11 is 1.14. The molecule has 0 saturated carbocycles. The van der Waals surface area contributed by atoms with Gasteiger partial charge in [0, 0.05) is 5.38 Å². The van der Waals surface area contributed by atoms with Crippen molar-refractivity contribution in [1.82, 2.24) is 4.98 Å². The Morgan fingerprint density at radius 1 is 1.03 bits per heavy atom. The predicted molar refractivity (Wildman–Crippen MR) is 126 cm³/mol. The molecule has 3 aromatic rings. The van der Waals surface area contributed by atoms with E-state index < -0.39 is 30.3 Å². The van der Waals surface area contributed by atoms with Gasteiger partial charge in [0.25, 0.3) is 0 Å². The van der Waals surface area contributed by atoms with Crippen molar-refractivity contribution in [2.75, 3.05) is 12.3 Å². The highest BCUT2D eigenvalue weighted by Crippen LogP contribution is 2.27. The van der Waals surface area contributed by atoms with Crippen molar-refractivity contribution in [3.05, 3.63) is 82.9 Å². The van der Waals surface area contributed by atoms with Crippen LogP contribution >= 0.6 is 11.3 Å². The zero-order chi connectivity index (χ0) is 23.8. The lowest BCUT2D eigenvalue weighted by molar-refractivity contribution is -0.160. The van der Waals surface area contributed by atoms with Crippen LogP contribution < -0.4 is 5.73 Å². The van der Waals surface area contributed by atoms with Crippen molar-refractivity contribution in [3.8, 4) is 0 Å². The standard InChI is InChI=1S/C24H25N3O5S/c1-24(2,3)32-19(28)14-30-27-20(18-15-33-23(25)26-18)22(29)31-21(16-10-6-4-7-11-16)17-12-8-5-9-13-17/h4-13,15,21H,14H2,1-3H3,(H2,25,26). The minimum atomic E-state index is -0.776. The summed E-state index contributed by atoms with van der Waals surface area (Å²) in [4.78, 5) is 34.3. The van der Waals surface area contributed by atoms with Crippen LogP contribution in [0.5, 0.6) is 0 Å². The number of carbonyl (C=O) groups is 2. The molecule has 0 unspecified atom stereocenters. The first kappa shape index (κ1) is 23.9. The lowest BCUT2D eigenvalue weighted by atomic mass is 10.0. The highest BCUT2D eigenvalue weighted by molar-refractivity contribution is 7.13. The Morgan fingerprint density at radius 3 is 2.09 bits per heavy atom. The summed E-state index contributed by atoms with van der Waals surface area (Å²) in [5, 5.41) is 5.66. The molecule has 0 saturated heterocycles. The van der Waals surface area contributed by atoms with Crippen molar-refractivity contribution in [2.24, 2.45) is 5.16 Å². The van der Waals surface area contributed by atoms with Crippen molar-refractivity contribution in [1.29, 1.82) is 0 Å². The fourth-order valence-electron chi connectivity index (χ4n) is 2.85. The molecule has 0 bridgehead atoms. The molecular weight excluding hydrogens is 442 g/mol. The molecule has 0 amide bonds. The second-order valence-corrected chi connectivity index (χ2v) is 8.87. The number of ether oxygens (including phenoxy) is 2. The van der Waals surface area contributed by atoms with Crippen molar-refractivity contribution < 1.29 is 23.9 Å². The molecule has 8 nitrogen and oxygen atoms in total. The molecule has 9 heteroatoms. The summed E-state index contributed by atoms with van der Waals surface area (Å²) < 4.78 is 11.0. The van der Waals surface area contributed by atoms with Crippen LogP contribution in [0.4, 0.5) is 5.13 Å². The number of oxime groups is 1. The zero-order valence-corrected chi connectivity index (χ0v) is 19.4. The summed E-state index contributed by atoms with van der Waals surface area (Å²) in [6.07, 6.45) is -0.688. The number of nitrogen functional groups attached to an aromatic ring is 1. The van der Waals surface area contributed by atoms with Crippen LogP contribution in [0.1, 0.15) is 43.7 Å². The van der Waals surface area contributed by atoms with E-state index in [0.717, 1.165) is 22.5 Å². The maximum absolute atomic E-state index is 13.2. The third kappa shape index (κ3) is 7.15. The molecule has 2 aromatic carbocycles. The number of hydrogen-bond donors (Lipinski definition) is 1. The van der Waals surface area contributed by atoms with Crippen LogP contribution in [0.3, 0.4) is 0 Å². The predicted octanol–water partition coefficient (Wildman–Crippen LogP) is 4.12. The quantitative estimate of drug-likeness (QED) is 0.301. The molecule has 0 fully saturated rings. The molecule has 3 rings (SSSR count). The van der Waals surface area contributed by atoms with E-state index in [0.29, 0.717) is 0 Å². The Morgan fingerprint density at radius 2 is 1.61 bits per heavy atom. The molecule has 0 spiro atoms. The topological polar surface area (TPSA) is 113 Å². The number of nitrogens with two attached hydrogens (primary N) is 1. The van der Waals surface area contributed by atoms with E-state index in [9.17, 15) is 9.59 Å². The number of thiazole rings is 1. The number of rotatable bonds is 8. The van der Waals surface area contributed by atoms with Gasteiger partial charge in [-0.05, 0) is 31.9 Å². The number of hydrogen-bond acceptors (Lipinski definition) is 9. The lowest BCUT2D eigenvalue weighted by Gasteiger charge is -2.19. The second kappa shape index (κ2) is 10.7. The first-order valence-corrected chi connectivity index (χ1v) is 11.0. The van der Waals surface area contributed by atoms with Crippen LogP contribution in [0.15, 0.2) is 71.2 Å². The van der Waals surface area contributed by atoms with Gasteiger partial charge >= 0.3 is 11.9 Å². The largest absolute Gasteiger partial charge is 0.457 e. The summed E-state index contributed by atoms with van der Waals surface area (Å²) in [5.41, 5.74) is 6.60. The van der Waals surface area contributed by atoms with E-state index in [-0.39, 0.29) is 16.5 Å². The third-order valence-corrected chi connectivity index (χ3v) is 4.82. The van der Waals surface area contributed by atoms with Gasteiger partial charge in [-0.15, -0.1) is 11.3 Å². The second-order valence-electron chi connectivity index (χ2n) is 7.98. The van der Waals surface area contributed by atoms with E-state index in [1.165, 1.54) is 0 Å². The Kier molecular flexibility index (Phi) is 7.78. The van der Waals surface area contributed by atoms with Crippen molar-refractivity contribution in [2.45, 2.75) is 32.5 Å². The van der Waals surface area contributed by atoms with E-state index in [1.807, 2.05) is 60.7 Å². The monoisotopic (exact) mass is 467 g/mol. The normalized spacial score (nSPS) is 11.8. The molecular formula is C24H25N3O5S. The summed E-state index contributed by atoms with van der Waals surface area (Å²) in [7, 11) is 0. The van der Waals surface area contributed by atoms with Gasteiger partial charge in [-0.1, -0.05) is 65.8 Å². The molecule has 1 aromatic heterocycles. The number of carbonyl (C=O) groups excluding carboxylic acids is 2. The first-order valence-electron chi connectivity index (χ1n) is 10.2. The molecule has 33 heavy (non-hydrogen) atoms. The fourth-order valence-corrected chi connectivity index (χ4v) is 3.40. The smallest absolute Gasteiger partial charge is 0.363 e. The number of anilines is 1. The van der Waals surface area contributed by atoms with Crippen molar-refractivity contribution in [3.63, 3.8) is 0 Å². The van der Waals surface area contributed by atoms with Crippen LogP contribution in [0, 0.1) is 0 Å². The van der Waals surface area contributed by atoms with Gasteiger partial charge in [0.15, 0.2) is 11.2 Å². The van der Waals surface area contributed by atoms with E-state index in [4.69, 9.17) is 20.0 Å². The minimum absolute atomic E-state index is 0.187. The molecule has 172 valence electrons. The highest BCUT2D eigenvalue weighted by Gasteiger charge is 2.26. The summed E-state index contributed by atoms with van der Waals surface area (Å²) in [5.74, 6) is -1.40. The third-order valence-electron chi connectivity index (χ3n) is 4.15. The van der Waals surface area contributed by atoms with E-state index in [1.54, 1.807) is 26.2 Å². The van der Waals surface area contributed by atoms with Crippen LogP contribution in [0.25, 0.3) is 0 Å². The average molecular weight is 468 g/mol. The number of esters is 2. The van der Waals surface area contributed by atoms with Gasteiger partial charge < -0.3 is 20.0 Å². The van der Waals surface area contributed by atoms with E-state index in [2.05, 4.69) is 10.1 Å². The molecule has 0 radical (unpaired) electrons. The Hall–Kier alpha value is -3.72. The Bertz CT molecular complexity index is 1070. The lowest BCUT2D eigenvalue weighted by Crippen LogP contribution is -2.27. The maximum Gasteiger partial charge on any atom is 0.363 e. The van der Waals surface area contributed by atoms with Gasteiger partial charge in [-0.2, -0.15) is 0 Å². The number of nitrogens with zero attached hydrogens (tertiary/aromatic N) is 2. The van der Waals surface area contributed by atoms with Crippen LogP contribution in [0.2, 0.25) is 0 Å². The molecule has 2 N–H and O–H groups in total. The first-order chi connectivity index (χ1) is 15.7. The molecule has 0 aliphatic rings. The zero-order valence-electron chi connectivity index (χ0n) is 18.6. The molecule has 0 aliphatic carbocycles. The number of benzene rings is 2. The Labute approximate surface area is 196 Å². The van der Waals surface area contributed by atoms with Gasteiger partial charge in [0.1, 0.15) is 11.3 Å². The molecule has 0 atom stereocenters. The fraction of sp³-hybridized carbons (Fsp3) is 0.250. The summed E-state index contributed by atoms with van der Waals surface area (Å²) in [6, 6.07) is 18.6. The van der Waals surface area contributed by atoms with Crippen LogP contribution in [-0.4, -0.2) is 34.8 Å². The SMILES string of the molecule is CC(C)(C)OC(=O)CON=C(C(=O)OC(c1ccccc1)c1ccccc1)c1csc(N)n1. The summed E-state index contributed by atoms with van der Waals surface area (Å²) in [6.45, 7) is 4.74. The maximum atomic E-state index is 13.2. The minimum Gasteiger partial charge on any atom is -0.457 e. The van der Waals surface area contributed by atoms with E-state index >= 15 is 0 Å². The average Bonchev–Trinajstić information content (AvgIpc) is 3.20. The van der Waals surface area contributed by atoms with Gasteiger partial charge in [0.2, 0.25) is 12.3 Å². The Balaban J connectivity index is 1.85.